The largest absolute Gasteiger partial charge is 0.351 e. The van der Waals surface area contributed by atoms with Gasteiger partial charge in [-0.1, -0.05) is 18.6 Å². The maximum Gasteiger partial charge on any atom is 0.230 e. The van der Waals surface area contributed by atoms with Gasteiger partial charge in [0, 0.05) is 18.3 Å². The molecule has 0 bridgehead atoms. The molecule has 5 heteroatoms. The van der Waals surface area contributed by atoms with Crippen LogP contribution in [0, 0.1) is 5.82 Å². The molecule has 1 fully saturated rings. The zero-order valence-electron chi connectivity index (χ0n) is 11.0. The van der Waals surface area contributed by atoms with Crippen molar-refractivity contribution in [3.8, 4) is 0 Å². The average Bonchev–Trinajstić information content (AvgIpc) is 2.90. The molecule has 0 spiro atoms. The Morgan fingerprint density at radius 2 is 2.10 bits per heavy atom. The summed E-state index contributed by atoms with van der Waals surface area (Å²) in [5.74, 6) is -0.265. The second kappa shape index (κ2) is 5.07. The van der Waals surface area contributed by atoms with E-state index in [0.29, 0.717) is 6.54 Å². The Balaban J connectivity index is 1.74. The molecule has 2 N–H and O–H groups in total. The molecule has 104 valence electrons. The molecule has 1 heterocycles. The number of benzene rings is 1. The fourth-order valence-electron chi connectivity index (χ4n) is 2.67. The van der Waals surface area contributed by atoms with Gasteiger partial charge in [-0.3, -0.25) is 9.89 Å². The summed E-state index contributed by atoms with van der Waals surface area (Å²) >= 11 is 0. The topological polar surface area (TPSA) is 57.8 Å². The quantitative estimate of drug-likeness (QED) is 0.898. The van der Waals surface area contributed by atoms with E-state index in [1.165, 1.54) is 12.1 Å². The molecule has 1 aliphatic carbocycles. The molecule has 1 saturated carbocycles. The molecule has 3 rings (SSSR count). The lowest BCUT2D eigenvalue weighted by molar-refractivity contribution is -0.130. The summed E-state index contributed by atoms with van der Waals surface area (Å²) < 4.78 is 13.0. The standard InChI is InChI=1S/C15H16FN3O/c16-13-4-2-12(3-5-13)15(6-1-7-15)14(20)17-8-11-9-18-19-10-11/h2-5,9-10H,1,6-8H2,(H,17,20)(H,18,19). The first-order valence-electron chi connectivity index (χ1n) is 6.73. The molecule has 1 amide bonds. The SMILES string of the molecule is O=C(NCc1cn[nH]c1)C1(c2ccc(F)cc2)CCC1. The summed E-state index contributed by atoms with van der Waals surface area (Å²) in [6, 6.07) is 6.26. The van der Waals surface area contributed by atoms with Crippen molar-refractivity contribution < 1.29 is 9.18 Å². The zero-order chi connectivity index (χ0) is 14.0. The smallest absolute Gasteiger partial charge is 0.230 e. The van der Waals surface area contributed by atoms with E-state index in [0.717, 1.165) is 30.4 Å². The molecule has 0 atom stereocenters. The third-order valence-corrected chi connectivity index (χ3v) is 4.05. The van der Waals surface area contributed by atoms with E-state index in [1.807, 2.05) is 0 Å². The first kappa shape index (κ1) is 12.8. The molecule has 20 heavy (non-hydrogen) atoms. The molecule has 0 saturated heterocycles. The van der Waals surface area contributed by atoms with Crippen molar-refractivity contribution in [3.63, 3.8) is 0 Å². The predicted molar refractivity (Wildman–Crippen MR) is 72.4 cm³/mol. The van der Waals surface area contributed by atoms with E-state index in [4.69, 9.17) is 0 Å². The van der Waals surface area contributed by atoms with Gasteiger partial charge in [0.25, 0.3) is 0 Å². The van der Waals surface area contributed by atoms with Crippen molar-refractivity contribution in [3.05, 3.63) is 53.6 Å². The van der Waals surface area contributed by atoms with E-state index >= 15 is 0 Å². The van der Waals surface area contributed by atoms with Crippen molar-refractivity contribution in [2.45, 2.75) is 31.2 Å². The number of H-pyrrole nitrogens is 1. The molecule has 0 radical (unpaired) electrons. The van der Waals surface area contributed by atoms with E-state index in [2.05, 4.69) is 15.5 Å². The summed E-state index contributed by atoms with van der Waals surface area (Å²) in [4.78, 5) is 12.5. The summed E-state index contributed by atoms with van der Waals surface area (Å²) in [7, 11) is 0. The van der Waals surface area contributed by atoms with Gasteiger partial charge >= 0.3 is 0 Å². The van der Waals surface area contributed by atoms with E-state index in [1.54, 1.807) is 24.5 Å². The molecule has 4 nitrogen and oxygen atoms in total. The van der Waals surface area contributed by atoms with Crippen molar-refractivity contribution >= 4 is 5.91 Å². The molecule has 2 aromatic rings. The zero-order valence-corrected chi connectivity index (χ0v) is 11.0. The number of amides is 1. The fourth-order valence-corrected chi connectivity index (χ4v) is 2.67. The lowest BCUT2D eigenvalue weighted by atomic mass is 9.64. The van der Waals surface area contributed by atoms with Crippen LogP contribution in [0.3, 0.4) is 0 Å². The van der Waals surface area contributed by atoms with Gasteiger partial charge in [-0.05, 0) is 30.5 Å². The number of carbonyl (C=O) groups is 1. The van der Waals surface area contributed by atoms with Crippen LogP contribution in [0.25, 0.3) is 0 Å². The maximum atomic E-state index is 13.0. The highest BCUT2D eigenvalue weighted by Gasteiger charge is 2.45. The molecule has 1 aromatic heterocycles. The second-order valence-electron chi connectivity index (χ2n) is 5.23. The van der Waals surface area contributed by atoms with Gasteiger partial charge in [-0.15, -0.1) is 0 Å². The van der Waals surface area contributed by atoms with Gasteiger partial charge in [0.05, 0.1) is 11.6 Å². The van der Waals surface area contributed by atoms with Crippen LogP contribution in [0.15, 0.2) is 36.7 Å². The van der Waals surface area contributed by atoms with Crippen LogP contribution in [0.1, 0.15) is 30.4 Å². The van der Waals surface area contributed by atoms with Gasteiger partial charge < -0.3 is 5.32 Å². The van der Waals surface area contributed by atoms with Crippen LogP contribution in [0.4, 0.5) is 4.39 Å². The van der Waals surface area contributed by atoms with Gasteiger partial charge in [0.1, 0.15) is 5.82 Å². The molecule has 0 unspecified atom stereocenters. The van der Waals surface area contributed by atoms with Crippen LogP contribution in [-0.4, -0.2) is 16.1 Å². The monoisotopic (exact) mass is 273 g/mol. The number of aromatic nitrogens is 2. The third kappa shape index (κ3) is 2.19. The minimum atomic E-state index is -0.489. The number of hydrogen-bond acceptors (Lipinski definition) is 2. The highest BCUT2D eigenvalue weighted by molar-refractivity contribution is 5.89. The number of hydrogen-bond donors (Lipinski definition) is 2. The van der Waals surface area contributed by atoms with Crippen LogP contribution in [0.5, 0.6) is 0 Å². The van der Waals surface area contributed by atoms with E-state index < -0.39 is 5.41 Å². The molecular formula is C15H16FN3O. The van der Waals surface area contributed by atoms with Crippen molar-refractivity contribution in [2.75, 3.05) is 0 Å². The summed E-state index contributed by atoms with van der Waals surface area (Å²) in [6.45, 7) is 0.457. The molecule has 0 aliphatic heterocycles. The molecule has 1 aromatic carbocycles. The Hall–Kier alpha value is -2.17. The fraction of sp³-hybridized carbons (Fsp3) is 0.333. The Bertz CT molecular complexity index is 588. The Morgan fingerprint density at radius 3 is 2.65 bits per heavy atom. The number of aromatic amines is 1. The first-order chi connectivity index (χ1) is 9.71. The highest BCUT2D eigenvalue weighted by Crippen LogP contribution is 2.44. The number of nitrogens with one attached hydrogen (secondary N) is 2. The second-order valence-corrected chi connectivity index (χ2v) is 5.23. The van der Waals surface area contributed by atoms with Gasteiger partial charge in [0.2, 0.25) is 5.91 Å². The number of halogens is 1. The predicted octanol–water partition coefficient (Wildman–Crippen LogP) is 2.29. The normalized spacial score (nSPS) is 16.4. The lowest BCUT2D eigenvalue weighted by Gasteiger charge is -2.40. The molecule has 1 aliphatic rings. The number of nitrogens with zero attached hydrogens (tertiary/aromatic N) is 1. The molecular weight excluding hydrogens is 257 g/mol. The summed E-state index contributed by atoms with van der Waals surface area (Å²) in [6.07, 6.45) is 6.10. The minimum absolute atomic E-state index is 0.0107. The van der Waals surface area contributed by atoms with Crippen LogP contribution >= 0.6 is 0 Å². The van der Waals surface area contributed by atoms with Crippen LogP contribution in [0.2, 0.25) is 0 Å². The minimum Gasteiger partial charge on any atom is -0.351 e. The van der Waals surface area contributed by atoms with Gasteiger partial charge in [0.15, 0.2) is 0 Å². The van der Waals surface area contributed by atoms with E-state index in [9.17, 15) is 9.18 Å². The van der Waals surface area contributed by atoms with E-state index in [-0.39, 0.29) is 11.7 Å². The third-order valence-electron chi connectivity index (χ3n) is 4.05. The van der Waals surface area contributed by atoms with Gasteiger partial charge in [-0.25, -0.2) is 4.39 Å². The van der Waals surface area contributed by atoms with Crippen molar-refractivity contribution in [1.82, 2.24) is 15.5 Å². The van der Waals surface area contributed by atoms with Crippen molar-refractivity contribution in [2.24, 2.45) is 0 Å². The summed E-state index contributed by atoms with van der Waals surface area (Å²) in [5, 5.41) is 9.51. The Kier molecular flexibility index (Phi) is 3.26. The first-order valence-corrected chi connectivity index (χ1v) is 6.73. The van der Waals surface area contributed by atoms with Crippen LogP contribution in [-0.2, 0) is 16.8 Å². The van der Waals surface area contributed by atoms with Crippen LogP contribution < -0.4 is 5.32 Å². The highest BCUT2D eigenvalue weighted by atomic mass is 19.1. The Labute approximate surface area is 116 Å². The summed E-state index contributed by atoms with van der Waals surface area (Å²) in [5.41, 5.74) is 1.35. The maximum absolute atomic E-state index is 13.0. The number of carbonyl (C=O) groups excluding carboxylic acids is 1. The average molecular weight is 273 g/mol. The van der Waals surface area contributed by atoms with Crippen molar-refractivity contribution in [1.29, 1.82) is 0 Å². The lowest BCUT2D eigenvalue weighted by Crippen LogP contribution is -2.48. The van der Waals surface area contributed by atoms with Gasteiger partial charge in [-0.2, -0.15) is 5.10 Å². The Morgan fingerprint density at radius 1 is 1.35 bits per heavy atom. The number of rotatable bonds is 4.